The van der Waals surface area contributed by atoms with Gasteiger partial charge in [-0.2, -0.15) is 0 Å². The molecule has 0 spiro atoms. The molecule has 1 aliphatic heterocycles. The zero-order valence-electron chi connectivity index (χ0n) is 18.0. The summed E-state index contributed by atoms with van der Waals surface area (Å²) in [5.41, 5.74) is 5.64. The normalized spacial score (nSPS) is 13.7. The number of carbonyl (C=O) groups excluding carboxylic acids is 2. The minimum atomic E-state index is -0.412. The Balaban J connectivity index is 1.87. The average Bonchev–Trinajstić information content (AvgIpc) is 2.99. The first-order chi connectivity index (χ1) is 14.9. The molecule has 2 amide bonds. The van der Waals surface area contributed by atoms with E-state index in [4.69, 9.17) is 4.74 Å². The fraction of sp³-hybridized carbons (Fsp3) is 0.154. The van der Waals surface area contributed by atoms with Gasteiger partial charge < -0.3 is 10.1 Å². The summed E-state index contributed by atoms with van der Waals surface area (Å²) in [5, 5.41) is 3.20. The number of nitrogens with zero attached hydrogens (tertiary/aromatic N) is 1. The van der Waals surface area contributed by atoms with Crippen LogP contribution in [0.4, 0.5) is 11.4 Å². The Morgan fingerprint density at radius 1 is 0.806 bits per heavy atom. The van der Waals surface area contributed by atoms with E-state index in [1.54, 1.807) is 24.3 Å². The molecule has 4 rings (SSSR count). The Kier molecular flexibility index (Phi) is 5.34. The van der Waals surface area contributed by atoms with Gasteiger partial charge in [0, 0.05) is 5.69 Å². The van der Waals surface area contributed by atoms with Crippen molar-refractivity contribution in [2.45, 2.75) is 20.8 Å². The Bertz CT molecular complexity index is 1210. The Labute approximate surface area is 182 Å². The van der Waals surface area contributed by atoms with Crippen molar-refractivity contribution in [3.63, 3.8) is 0 Å². The zero-order valence-corrected chi connectivity index (χ0v) is 18.0. The lowest BCUT2D eigenvalue weighted by atomic mass is 9.97. The third-order valence-corrected chi connectivity index (χ3v) is 5.38. The molecule has 0 aliphatic carbocycles. The molecule has 31 heavy (non-hydrogen) atoms. The zero-order chi connectivity index (χ0) is 22.1. The second kappa shape index (κ2) is 8.11. The molecule has 0 unspecified atom stereocenters. The van der Waals surface area contributed by atoms with E-state index in [0.29, 0.717) is 17.0 Å². The van der Waals surface area contributed by atoms with Crippen LogP contribution < -0.4 is 15.0 Å². The molecule has 1 N–H and O–H groups in total. The predicted molar refractivity (Wildman–Crippen MR) is 123 cm³/mol. The number of anilines is 2. The quantitative estimate of drug-likeness (QED) is 0.598. The van der Waals surface area contributed by atoms with Crippen LogP contribution in [0.25, 0.3) is 5.57 Å². The standard InChI is InChI=1S/C26H24N2O3/c1-16-9-12-19(13-10-16)27-24-23(20-14-11-17(2)15-18(20)3)25(29)28(26(24)30)21-7-5-6-8-22(21)31-4/h5-15,27H,1-4H3. The molecule has 5 nitrogen and oxygen atoms in total. The van der Waals surface area contributed by atoms with Gasteiger partial charge in [0.05, 0.1) is 18.4 Å². The van der Waals surface area contributed by atoms with Gasteiger partial charge in [0.25, 0.3) is 11.8 Å². The van der Waals surface area contributed by atoms with Crippen molar-refractivity contribution in [2.24, 2.45) is 0 Å². The largest absolute Gasteiger partial charge is 0.495 e. The summed E-state index contributed by atoms with van der Waals surface area (Å²) in [7, 11) is 1.52. The lowest BCUT2D eigenvalue weighted by Gasteiger charge is -2.18. The van der Waals surface area contributed by atoms with Gasteiger partial charge in [-0.3, -0.25) is 9.59 Å². The molecule has 156 valence electrons. The van der Waals surface area contributed by atoms with E-state index in [0.717, 1.165) is 27.9 Å². The second-order valence-corrected chi connectivity index (χ2v) is 7.68. The molecule has 0 saturated heterocycles. The van der Waals surface area contributed by atoms with Crippen LogP contribution in [0, 0.1) is 20.8 Å². The van der Waals surface area contributed by atoms with Crippen molar-refractivity contribution in [1.82, 2.24) is 0 Å². The fourth-order valence-electron chi connectivity index (χ4n) is 3.80. The molecule has 5 heteroatoms. The predicted octanol–water partition coefficient (Wildman–Crippen LogP) is 5.02. The van der Waals surface area contributed by atoms with Crippen LogP contribution in [-0.4, -0.2) is 18.9 Å². The van der Waals surface area contributed by atoms with Crippen molar-refractivity contribution in [1.29, 1.82) is 0 Å². The molecule has 3 aromatic rings. The minimum Gasteiger partial charge on any atom is -0.495 e. The summed E-state index contributed by atoms with van der Waals surface area (Å²) in [5.74, 6) is -0.332. The summed E-state index contributed by atoms with van der Waals surface area (Å²) in [6.45, 7) is 5.94. The van der Waals surface area contributed by atoms with Crippen molar-refractivity contribution in [3.05, 3.63) is 94.7 Å². The smallest absolute Gasteiger partial charge is 0.282 e. The van der Waals surface area contributed by atoms with Gasteiger partial charge >= 0.3 is 0 Å². The highest BCUT2D eigenvalue weighted by atomic mass is 16.5. The summed E-state index contributed by atoms with van der Waals surface area (Å²) < 4.78 is 5.42. The fourth-order valence-corrected chi connectivity index (χ4v) is 3.80. The van der Waals surface area contributed by atoms with Crippen molar-refractivity contribution >= 4 is 28.8 Å². The number of para-hydroxylation sites is 2. The Morgan fingerprint density at radius 2 is 1.48 bits per heavy atom. The number of hydrogen-bond donors (Lipinski definition) is 1. The molecule has 1 aliphatic rings. The van der Waals surface area contributed by atoms with Crippen LogP contribution in [0.1, 0.15) is 22.3 Å². The molecule has 0 saturated carbocycles. The SMILES string of the molecule is COc1ccccc1N1C(=O)C(Nc2ccc(C)cc2)=C(c2ccc(C)cc2C)C1=O. The number of carbonyl (C=O) groups is 2. The Morgan fingerprint density at radius 3 is 2.16 bits per heavy atom. The van der Waals surface area contributed by atoms with Crippen LogP contribution >= 0.6 is 0 Å². The lowest BCUT2D eigenvalue weighted by molar-refractivity contribution is -0.120. The maximum atomic E-state index is 13.6. The van der Waals surface area contributed by atoms with Gasteiger partial charge in [0.2, 0.25) is 0 Å². The van der Waals surface area contributed by atoms with Gasteiger partial charge in [0.15, 0.2) is 0 Å². The van der Waals surface area contributed by atoms with Crippen molar-refractivity contribution in [3.8, 4) is 5.75 Å². The van der Waals surface area contributed by atoms with Gasteiger partial charge in [0.1, 0.15) is 11.4 Å². The molecular formula is C26H24N2O3. The lowest BCUT2D eigenvalue weighted by Crippen LogP contribution is -2.32. The number of rotatable bonds is 5. The molecule has 0 radical (unpaired) electrons. The maximum absolute atomic E-state index is 13.6. The molecule has 0 fully saturated rings. The molecule has 3 aromatic carbocycles. The number of amides is 2. The monoisotopic (exact) mass is 412 g/mol. The number of methoxy groups -OCH3 is 1. The van der Waals surface area contributed by atoms with E-state index in [1.165, 1.54) is 12.0 Å². The van der Waals surface area contributed by atoms with E-state index in [1.807, 2.05) is 63.2 Å². The Hall–Kier alpha value is -3.86. The number of aryl methyl sites for hydroxylation is 3. The molecule has 0 aromatic heterocycles. The molecular weight excluding hydrogens is 388 g/mol. The third kappa shape index (κ3) is 3.70. The number of imide groups is 1. The summed E-state index contributed by atoms with van der Waals surface area (Å²) in [6, 6.07) is 20.6. The van der Waals surface area contributed by atoms with E-state index in [2.05, 4.69) is 5.32 Å². The van der Waals surface area contributed by atoms with Crippen molar-refractivity contribution in [2.75, 3.05) is 17.3 Å². The number of benzene rings is 3. The summed E-state index contributed by atoms with van der Waals surface area (Å²) in [6.07, 6.45) is 0. The first-order valence-electron chi connectivity index (χ1n) is 10.1. The van der Waals surface area contributed by atoms with Crippen molar-refractivity contribution < 1.29 is 14.3 Å². The molecule has 1 heterocycles. The van der Waals surface area contributed by atoms with Gasteiger partial charge in [-0.15, -0.1) is 0 Å². The van der Waals surface area contributed by atoms with Gasteiger partial charge in [-0.1, -0.05) is 53.6 Å². The summed E-state index contributed by atoms with van der Waals surface area (Å²) in [4.78, 5) is 28.4. The number of nitrogens with one attached hydrogen (secondary N) is 1. The first-order valence-corrected chi connectivity index (χ1v) is 10.1. The third-order valence-electron chi connectivity index (χ3n) is 5.38. The highest BCUT2D eigenvalue weighted by molar-refractivity contribution is 6.46. The highest BCUT2D eigenvalue weighted by Gasteiger charge is 2.41. The minimum absolute atomic E-state index is 0.256. The van der Waals surface area contributed by atoms with E-state index >= 15 is 0 Å². The van der Waals surface area contributed by atoms with Crippen LogP contribution in [-0.2, 0) is 9.59 Å². The van der Waals surface area contributed by atoms with E-state index in [9.17, 15) is 9.59 Å². The van der Waals surface area contributed by atoms with Crippen LogP contribution in [0.5, 0.6) is 5.75 Å². The molecule has 0 atom stereocenters. The summed E-state index contributed by atoms with van der Waals surface area (Å²) >= 11 is 0. The average molecular weight is 412 g/mol. The highest BCUT2D eigenvalue weighted by Crippen LogP contribution is 2.38. The number of hydrogen-bond acceptors (Lipinski definition) is 4. The number of ether oxygens (including phenoxy) is 1. The van der Waals surface area contributed by atoms with E-state index in [-0.39, 0.29) is 11.6 Å². The second-order valence-electron chi connectivity index (χ2n) is 7.68. The first kappa shape index (κ1) is 20.4. The van der Waals surface area contributed by atoms with Crippen LogP contribution in [0.2, 0.25) is 0 Å². The van der Waals surface area contributed by atoms with Gasteiger partial charge in [-0.25, -0.2) is 4.90 Å². The topological polar surface area (TPSA) is 58.6 Å². The van der Waals surface area contributed by atoms with Gasteiger partial charge in [-0.05, 0) is 56.2 Å². The maximum Gasteiger partial charge on any atom is 0.282 e. The van der Waals surface area contributed by atoms with E-state index < -0.39 is 5.91 Å². The van der Waals surface area contributed by atoms with Crippen LogP contribution in [0.3, 0.4) is 0 Å². The van der Waals surface area contributed by atoms with Crippen LogP contribution in [0.15, 0.2) is 72.4 Å². The molecule has 0 bridgehead atoms.